The van der Waals surface area contributed by atoms with Gasteiger partial charge in [0.25, 0.3) is 0 Å². The van der Waals surface area contributed by atoms with E-state index in [9.17, 15) is 4.79 Å². The summed E-state index contributed by atoms with van der Waals surface area (Å²) in [5.74, 6) is -0.251. The van der Waals surface area contributed by atoms with Crippen LogP contribution in [0.15, 0.2) is 42.7 Å². The largest absolute Gasteiger partial charge is 0.322 e. The number of carbonyl (C=O) groups is 1. The first-order chi connectivity index (χ1) is 9.17. The Balaban J connectivity index is 2.01. The molecule has 0 unspecified atom stereocenters. The number of carbonyl (C=O) groups excluding carboxylic acids is 1. The van der Waals surface area contributed by atoms with E-state index in [0.29, 0.717) is 11.3 Å². The molecule has 0 spiro atoms. The van der Waals surface area contributed by atoms with E-state index in [1.807, 2.05) is 13.1 Å². The Labute approximate surface area is 110 Å². The molecule has 2 aromatic rings. The highest BCUT2D eigenvalue weighted by atomic mass is 16.1. The van der Waals surface area contributed by atoms with Crippen molar-refractivity contribution in [2.24, 2.45) is 7.05 Å². The van der Waals surface area contributed by atoms with Crippen LogP contribution in [0.1, 0.15) is 11.1 Å². The second kappa shape index (κ2) is 5.65. The number of hydrogen-bond acceptors (Lipinski definition) is 3. The third-order valence-corrected chi connectivity index (χ3v) is 2.41. The molecule has 0 aliphatic rings. The third-order valence-electron chi connectivity index (χ3n) is 2.41. The minimum Gasteiger partial charge on any atom is -0.322 e. The summed E-state index contributed by atoms with van der Waals surface area (Å²) < 4.78 is 1.66. The molecule has 0 saturated carbocycles. The number of rotatable bonds is 3. The van der Waals surface area contributed by atoms with E-state index < -0.39 is 0 Å². The molecule has 0 aliphatic carbocycles. The van der Waals surface area contributed by atoms with Gasteiger partial charge < -0.3 is 5.32 Å². The predicted octanol–water partition coefficient (Wildman–Crippen LogP) is 1.94. The molecule has 1 aromatic heterocycles. The molecule has 94 valence electrons. The Morgan fingerprint density at radius 1 is 1.53 bits per heavy atom. The fraction of sp³-hybridized carbons (Fsp3) is 0.0714. The number of hydrogen-bond donors (Lipinski definition) is 1. The molecule has 0 saturated heterocycles. The van der Waals surface area contributed by atoms with E-state index in [0.717, 1.165) is 5.56 Å². The molecular weight excluding hydrogens is 240 g/mol. The molecule has 2 rings (SSSR count). The smallest absolute Gasteiger partial charge is 0.248 e. The van der Waals surface area contributed by atoms with E-state index in [1.165, 1.54) is 6.08 Å². The molecule has 0 radical (unpaired) electrons. The molecular formula is C14H12N4O. The fourth-order valence-corrected chi connectivity index (χ4v) is 1.55. The maximum Gasteiger partial charge on any atom is 0.248 e. The molecule has 5 heteroatoms. The van der Waals surface area contributed by atoms with Gasteiger partial charge in [-0.25, -0.2) is 0 Å². The molecule has 1 N–H and O–H groups in total. The van der Waals surface area contributed by atoms with E-state index in [1.54, 1.807) is 47.4 Å². The number of amides is 1. The minimum atomic E-state index is -0.251. The van der Waals surface area contributed by atoms with Crippen molar-refractivity contribution < 1.29 is 4.79 Å². The maximum atomic E-state index is 11.7. The van der Waals surface area contributed by atoms with Crippen LogP contribution in [0.25, 0.3) is 6.08 Å². The van der Waals surface area contributed by atoms with E-state index >= 15 is 0 Å². The Bertz CT molecular complexity index is 664. The molecule has 1 amide bonds. The first-order valence-electron chi connectivity index (χ1n) is 5.65. The van der Waals surface area contributed by atoms with Gasteiger partial charge in [0.05, 0.1) is 17.8 Å². The summed E-state index contributed by atoms with van der Waals surface area (Å²) in [7, 11) is 1.81. The van der Waals surface area contributed by atoms with Gasteiger partial charge in [-0.3, -0.25) is 9.48 Å². The molecule has 0 aliphatic heterocycles. The number of anilines is 1. The lowest BCUT2D eigenvalue weighted by molar-refractivity contribution is -0.111. The molecule has 1 aromatic carbocycles. The number of aryl methyl sites for hydroxylation is 1. The molecule has 0 bridgehead atoms. The van der Waals surface area contributed by atoms with Gasteiger partial charge in [-0.15, -0.1) is 0 Å². The van der Waals surface area contributed by atoms with Gasteiger partial charge in [0.1, 0.15) is 0 Å². The van der Waals surface area contributed by atoms with Crippen molar-refractivity contribution in [1.82, 2.24) is 9.78 Å². The van der Waals surface area contributed by atoms with Gasteiger partial charge in [-0.2, -0.15) is 10.4 Å². The Morgan fingerprint density at radius 2 is 2.37 bits per heavy atom. The van der Waals surface area contributed by atoms with Crippen LogP contribution in [-0.4, -0.2) is 15.7 Å². The zero-order valence-electron chi connectivity index (χ0n) is 10.4. The molecule has 19 heavy (non-hydrogen) atoms. The number of nitrogens with zero attached hydrogens (tertiary/aromatic N) is 3. The highest BCUT2D eigenvalue weighted by Gasteiger charge is 1.99. The number of benzene rings is 1. The average molecular weight is 252 g/mol. The summed E-state index contributed by atoms with van der Waals surface area (Å²) in [4.78, 5) is 11.7. The van der Waals surface area contributed by atoms with Crippen molar-refractivity contribution >= 4 is 17.7 Å². The number of nitriles is 1. The second-order valence-electron chi connectivity index (χ2n) is 3.96. The summed E-state index contributed by atoms with van der Waals surface area (Å²) in [5.41, 5.74) is 1.96. The Morgan fingerprint density at radius 3 is 3.05 bits per heavy atom. The Kier molecular flexibility index (Phi) is 3.74. The normalized spacial score (nSPS) is 10.3. The van der Waals surface area contributed by atoms with Gasteiger partial charge in [0.15, 0.2) is 0 Å². The zero-order valence-corrected chi connectivity index (χ0v) is 10.4. The summed E-state index contributed by atoms with van der Waals surface area (Å²) in [6, 6.07) is 8.78. The standard InChI is InChI=1S/C14H12N4O/c1-18-10-12(9-16-18)5-6-14(19)17-13-4-2-3-11(7-13)8-15/h2-7,9-10H,1H3,(H,17,19). The summed E-state index contributed by atoms with van der Waals surface area (Å²) in [5, 5.41) is 15.5. The van der Waals surface area contributed by atoms with Crippen LogP contribution in [0.2, 0.25) is 0 Å². The lowest BCUT2D eigenvalue weighted by atomic mass is 10.2. The summed E-state index contributed by atoms with van der Waals surface area (Å²) >= 11 is 0. The second-order valence-corrected chi connectivity index (χ2v) is 3.96. The van der Waals surface area contributed by atoms with Crippen LogP contribution >= 0.6 is 0 Å². The van der Waals surface area contributed by atoms with Gasteiger partial charge >= 0.3 is 0 Å². The SMILES string of the molecule is Cn1cc(C=CC(=O)Nc2cccc(C#N)c2)cn1. The van der Waals surface area contributed by atoms with Gasteiger partial charge in [0, 0.05) is 30.6 Å². The van der Waals surface area contributed by atoms with Crippen LogP contribution in [0.5, 0.6) is 0 Å². The molecule has 0 fully saturated rings. The average Bonchev–Trinajstić information content (AvgIpc) is 2.82. The maximum absolute atomic E-state index is 11.7. The fourth-order valence-electron chi connectivity index (χ4n) is 1.55. The monoisotopic (exact) mass is 252 g/mol. The van der Waals surface area contributed by atoms with Gasteiger partial charge in [0.2, 0.25) is 5.91 Å². The first kappa shape index (κ1) is 12.6. The zero-order chi connectivity index (χ0) is 13.7. The van der Waals surface area contributed by atoms with Crippen molar-refractivity contribution in [3.63, 3.8) is 0 Å². The van der Waals surface area contributed by atoms with Crippen LogP contribution < -0.4 is 5.32 Å². The lowest BCUT2D eigenvalue weighted by Gasteiger charge is -2.01. The molecule has 5 nitrogen and oxygen atoms in total. The minimum absolute atomic E-state index is 0.251. The topological polar surface area (TPSA) is 70.7 Å². The van der Waals surface area contributed by atoms with Crippen LogP contribution in [0.4, 0.5) is 5.69 Å². The van der Waals surface area contributed by atoms with E-state index in [4.69, 9.17) is 5.26 Å². The van der Waals surface area contributed by atoms with Gasteiger partial charge in [-0.05, 0) is 24.3 Å². The molecule has 0 atom stereocenters. The van der Waals surface area contributed by atoms with Gasteiger partial charge in [-0.1, -0.05) is 6.07 Å². The quantitative estimate of drug-likeness (QED) is 0.848. The first-order valence-corrected chi connectivity index (χ1v) is 5.65. The number of aromatic nitrogens is 2. The summed E-state index contributed by atoms with van der Waals surface area (Å²) in [6.45, 7) is 0. The van der Waals surface area contributed by atoms with E-state index in [-0.39, 0.29) is 5.91 Å². The van der Waals surface area contributed by atoms with E-state index in [2.05, 4.69) is 10.4 Å². The highest BCUT2D eigenvalue weighted by molar-refractivity contribution is 6.01. The predicted molar refractivity (Wildman–Crippen MR) is 72.0 cm³/mol. The van der Waals surface area contributed by atoms with Crippen LogP contribution in [-0.2, 0) is 11.8 Å². The van der Waals surface area contributed by atoms with Crippen molar-refractivity contribution in [2.75, 3.05) is 5.32 Å². The molecule has 1 heterocycles. The summed E-state index contributed by atoms with van der Waals surface area (Å²) in [6.07, 6.45) is 6.58. The Hall–Kier alpha value is -2.87. The van der Waals surface area contributed by atoms with Crippen molar-refractivity contribution in [2.45, 2.75) is 0 Å². The highest BCUT2D eigenvalue weighted by Crippen LogP contribution is 2.10. The van der Waals surface area contributed by atoms with Crippen LogP contribution in [0.3, 0.4) is 0 Å². The van der Waals surface area contributed by atoms with Crippen molar-refractivity contribution in [3.8, 4) is 6.07 Å². The van der Waals surface area contributed by atoms with Crippen LogP contribution in [0, 0.1) is 11.3 Å². The van der Waals surface area contributed by atoms with Crippen molar-refractivity contribution in [1.29, 1.82) is 5.26 Å². The third kappa shape index (κ3) is 3.54. The van der Waals surface area contributed by atoms with Crippen molar-refractivity contribution in [3.05, 3.63) is 53.9 Å². The number of nitrogens with one attached hydrogen (secondary N) is 1. The lowest BCUT2D eigenvalue weighted by Crippen LogP contribution is -2.07.